The fourth-order valence-electron chi connectivity index (χ4n) is 3.01. The van der Waals surface area contributed by atoms with Gasteiger partial charge in [0, 0.05) is 23.0 Å². The van der Waals surface area contributed by atoms with Gasteiger partial charge >= 0.3 is 6.09 Å². The number of hydrogen-bond acceptors (Lipinski definition) is 3. The third kappa shape index (κ3) is 3.61. The van der Waals surface area contributed by atoms with E-state index in [1.165, 1.54) is 0 Å². The highest BCUT2D eigenvalue weighted by Crippen LogP contribution is 2.38. The molecule has 0 aliphatic carbocycles. The molecule has 0 radical (unpaired) electrons. The molecule has 2 heterocycles. The first-order valence-electron chi connectivity index (χ1n) is 7.77. The number of ether oxygens (including phenoxy) is 1. The lowest BCUT2D eigenvalue weighted by Crippen LogP contribution is -2.43. The van der Waals surface area contributed by atoms with Crippen LogP contribution in [0.5, 0.6) is 0 Å². The van der Waals surface area contributed by atoms with Gasteiger partial charge in [-0.3, -0.25) is 9.89 Å². The molecule has 2 aliphatic heterocycles. The van der Waals surface area contributed by atoms with Gasteiger partial charge in [-0.15, -0.1) is 0 Å². The van der Waals surface area contributed by atoms with Crippen LogP contribution in [-0.4, -0.2) is 40.8 Å². The maximum atomic E-state index is 14.0. The van der Waals surface area contributed by atoms with E-state index in [9.17, 15) is 13.6 Å². The Labute approximate surface area is 148 Å². The topological polar surface area (TPSA) is 41.9 Å². The van der Waals surface area contributed by atoms with Crippen LogP contribution in [0.1, 0.15) is 32.8 Å². The Morgan fingerprint density at radius 2 is 2.12 bits per heavy atom. The second-order valence-corrected chi connectivity index (χ2v) is 8.15. The monoisotopic (exact) mass is 400 g/mol. The standard InChI is InChI=1S/C17H19BrF2N2O2/c1-16(2,3)24-15(23)22-9-17(19,20)8-14(22)13-7-10-6-11(18)4-5-12(10)21-13/h4-6,14H,7-9H2,1-3H3/t14-/m0/s1. The first-order chi connectivity index (χ1) is 11.0. The molecule has 0 aromatic heterocycles. The van der Waals surface area contributed by atoms with Gasteiger partial charge in [-0.1, -0.05) is 15.9 Å². The summed E-state index contributed by atoms with van der Waals surface area (Å²) in [7, 11) is 0. The zero-order valence-electron chi connectivity index (χ0n) is 13.8. The molecule has 1 aromatic rings. The number of halogens is 3. The number of likely N-dealkylation sites (tertiary alicyclic amines) is 1. The Morgan fingerprint density at radius 3 is 2.79 bits per heavy atom. The van der Waals surface area contributed by atoms with Gasteiger partial charge in [-0.05, 0) is 44.5 Å². The largest absolute Gasteiger partial charge is 0.444 e. The highest BCUT2D eigenvalue weighted by molar-refractivity contribution is 9.10. The summed E-state index contributed by atoms with van der Waals surface area (Å²) >= 11 is 3.40. The van der Waals surface area contributed by atoms with Crippen molar-refractivity contribution in [1.82, 2.24) is 4.90 Å². The SMILES string of the molecule is CC(C)(C)OC(=O)N1CC(F)(F)C[C@H]1C1=Nc2ccc(Br)cc2C1. The molecule has 4 nitrogen and oxygen atoms in total. The van der Waals surface area contributed by atoms with E-state index in [-0.39, 0.29) is 0 Å². The van der Waals surface area contributed by atoms with Crippen LogP contribution in [0.2, 0.25) is 0 Å². The molecule has 0 saturated carbocycles. The minimum absolute atomic E-state index is 0.416. The van der Waals surface area contributed by atoms with Crippen LogP contribution < -0.4 is 0 Å². The molecule has 0 bridgehead atoms. The molecule has 2 aliphatic rings. The summed E-state index contributed by atoms with van der Waals surface area (Å²) in [4.78, 5) is 17.9. The number of alkyl halides is 2. The van der Waals surface area contributed by atoms with Gasteiger partial charge in [-0.25, -0.2) is 13.6 Å². The van der Waals surface area contributed by atoms with Crippen molar-refractivity contribution in [2.45, 2.75) is 51.2 Å². The lowest BCUT2D eigenvalue weighted by Gasteiger charge is -2.28. The quantitative estimate of drug-likeness (QED) is 0.683. The van der Waals surface area contributed by atoms with E-state index in [0.29, 0.717) is 12.1 Å². The maximum Gasteiger partial charge on any atom is 0.411 e. The zero-order chi connectivity index (χ0) is 17.7. The molecule has 24 heavy (non-hydrogen) atoms. The molecule has 1 atom stereocenters. The Bertz CT molecular complexity index is 713. The maximum absolute atomic E-state index is 14.0. The summed E-state index contributed by atoms with van der Waals surface area (Å²) in [5, 5.41) is 0. The number of amides is 1. The van der Waals surface area contributed by atoms with Crippen molar-refractivity contribution >= 4 is 33.4 Å². The summed E-state index contributed by atoms with van der Waals surface area (Å²) < 4.78 is 34.2. The number of aliphatic imine (C=N–C) groups is 1. The van der Waals surface area contributed by atoms with E-state index in [1.54, 1.807) is 20.8 Å². The van der Waals surface area contributed by atoms with Crippen molar-refractivity contribution in [3.05, 3.63) is 28.2 Å². The average molecular weight is 401 g/mol. The molecular weight excluding hydrogens is 382 g/mol. The van der Waals surface area contributed by atoms with Gasteiger partial charge in [-0.2, -0.15) is 0 Å². The van der Waals surface area contributed by atoms with Crippen molar-refractivity contribution in [2.75, 3.05) is 6.54 Å². The van der Waals surface area contributed by atoms with Crippen LogP contribution in [0.3, 0.4) is 0 Å². The average Bonchev–Trinajstić information content (AvgIpc) is 2.96. The van der Waals surface area contributed by atoms with Crippen molar-refractivity contribution < 1.29 is 18.3 Å². The highest BCUT2D eigenvalue weighted by Gasteiger charge is 2.50. The van der Waals surface area contributed by atoms with E-state index in [1.807, 2.05) is 18.2 Å². The van der Waals surface area contributed by atoms with Crippen LogP contribution in [0.15, 0.2) is 27.7 Å². The first kappa shape index (κ1) is 17.3. The lowest BCUT2D eigenvalue weighted by atomic mass is 10.0. The Hall–Kier alpha value is -1.50. The molecule has 0 unspecified atom stereocenters. The van der Waals surface area contributed by atoms with Gasteiger partial charge in [0.15, 0.2) is 0 Å². The minimum atomic E-state index is -2.93. The minimum Gasteiger partial charge on any atom is -0.444 e. The van der Waals surface area contributed by atoms with Gasteiger partial charge in [0.25, 0.3) is 5.92 Å². The molecule has 1 amide bonds. The Morgan fingerprint density at radius 1 is 1.42 bits per heavy atom. The number of nitrogens with zero attached hydrogens (tertiary/aromatic N) is 2. The number of fused-ring (bicyclic) bond motifs is 1. The predicted octanol–water partition coefficient (Wildman–Crippen LogP) is 4.72. The van der Waals surface area contributed by atoms with E-state index < -0.39 is 36.6 Å². The molecule has 1 saturated heterocycles. The molecule has 7 heteroatoms. The number of hydrogen-bond donors (Lipinski definition) is 0. The zero-order valence-corrected chi connectivity index (χ0v) is 15.4. The van der Waals surface area contributed by atoms with Crippen LogP contribution in [0, 0.1) is 0 Å². The van der Waals surface area contributed by atoms with E-state index in [0.717, 1.165) is 20.6 Å². The third-order valence-electron chi connectivity index (χ3n) is 3.96. The van der Waals surface area contributed by atoms with Crippen molar-refractivity contribution in [3.63, 3.8) is 0 Å². The molecular formula is C17H19BrF2N2O2. The predicted molar refractivity (Wildman–Crippen MR) is 91.2 cm³/mol. The van der Waals surface area contributed by atoms with Crippen molar-refractivity contribution in [2.24, 2.45) is 4.99 Å². The van der Waals surface area contributed by atoms with Gasteiger partial charge < -0.3 is 4.74 Å². The normalized spacial score (nSPS) is 22.3. The van der Waals surface area contributed by atoms with Crippen LogP contribution in [0.4, 0.5) is 19.3 Å². The number of rotatable bonds is 1. The smallest absolute Gasteiger partial charge is 0.411 e. The third-order valence-corrected chi connectivity index (χ3v) is 4.45. The highest BCUT2D eigenvalue weighted by atomic mass is 79.9. The molecule has 3 rings (SSSR count). The summed E-state index contributed by atoms with van der Waals surface area (Å²) in [5.41, 5.74) is 1.60. The molecule has 130 valence electrons. The van der Waals surface area contributed by atoms with Gasteiger partial charge in [0.2, 0.25) is 0 Å². The summed E-state index contributed by atoms with van der Waals surface area (Å²) in [5.74, 6) is -2.93. The van der Waals surface area contributed by atoms with Crippen molar-refractivity contribution in [3.8, 4) is 0 Å². The van der Waals surface area contributed by atoms with E-state index in [4.69, 9.17) is 4.74 Å². The number of carbonyl (C=O) groups excluding carboxylic acids is 1. The molecule has 0 N–H and O–H groups in total. The summed E-state index contributed by atoms with van der Waals surface area (Å²) in [6.45, 7) is 4.52. The fourth-order valence-corrected chi connectivity index (χ4v) is 3.42. The summed E-state index contributed by atoms with van der Waals surface area (Å²) in [6, 6.07) is 4.90. The summed E-state index contributed by atoms with van der Waals surface area (Å²) in [6.07, 6.45) is -0.667. The van der Waals surface area contributed by atoms with Crippen molar-refractivity contribution in [1.29, 1.82) is 0 Å². The number of benzene rings is 1. The lowest BCUT2D eigenvalue weighted by molar-refractivity contribution is -0.00210. The molecule has 0 spiro atoms. The van der Waals surface area contributed by atoms with Crippen LogP contribution in [-0.2, 0) is 11.2 Å². The Kier molecular flexibility index (Phi) is 4.18. The first-order valence-corrected chi connectivity index (χ1v) is 8.57. The molecule has 1 fully saturated rings. The van der Waals surface area contributed by atoms with E-state index >= 15 is 0 Å². The molecule has 1 aromatic carbocycles. The van der Waals surface area contributed by atoms with Gasteiger partial charge in [0.05, 0.1) is 18.3 Å². The van der Waals surface area contributed by atoms with Crippen LogP contribution in [0.25, 0.3) is 0 Å². The fraction of sp³-hybridized carbons (Fsp3) is 0.529. The van der Waals surface area contributed by atoms with Crippen LogP contribution >= 0.6 is 15.9 Å². The second-order valence-electron chi connectivity index (χ2n) is 7.24. The van der Waals surface area contributed by atoms with E-state index in [2.05, 4.69) is 20.9 Å². The number of carbonyl (C=O) groups is 1. The van der Waals surface area contributed by atoms with Gasteiger partial charge in [0.1, 0.15) is 5.60 Å². The second kappa shape index (κ2) is 5.79. The Balaban J connectivity index is 1.84.